The highest BCUT2D eigenvalue weighted by atomic mass is 35.5. The minimum atomic E-state index is -1.44. The number of rotatable bonds is 6. The number of ketones is 2. The molecule has 0 aliphatic heterocycles. The van der Waals surface area contributed by atoms with Crippen molar-refractivity contribution < 1.29 is 9.59 Å². The number of fused-ring (bicyclic) bond motifs is 1. The Labute approximate surface area is 177 Å². The van der Waals surface area contributed by atoms with Gasteiger partial charge in [-0.15, -0.1) is 0 Å². The van der Waals surface area contributed by atoms with Crippen molar-refractivity contribution >= 4 is 34.1 Å². The molecule has 0 saturated heterocycles. The zero-order chi connectivity index (χ0) is 21.3. The molecule has 0 spiro atoms. The van der Waals surface area contributed by atoms with E-state index in [2.05, 4.69) is 10.1 Å². The van der Waals surface area contributed by atoms with Crippen LogP contribution in [-0.4, -0.2) is 26.3 Å². The zero-order valence-electron chi connectivity index (χ0n) is 16.1. The minimum absolute atomic E-state index is 0.208. The van der Waals surface area contributed by atoms with E-state index in [0.29, 0.717) is 28.2 Å². The number of aromatic amines is 1. The van der Waals surface area contributed by atoms with Gasteiger partial charge in [0.1, 0.15) is 0 Å². The first kappa shape index (κ1) is 19.6. The molecule has 4 aromatic rings. The van der Waals surface area contributed by atoms with E-state index in [1.807, 2.05) is 42.5 Å². The van der Waals surface area contributed by atoms with Crippen molar-refractivity contribution in [3.8, 4) is 6.07 Å². The molecule has 0 aliphatic rings. The zero-order valence-corrected chi connectivity index (χ0v) is 16.8. The molecule has 1 atom stereocenters. The molecule has 2 aromatic carbocycles. The number of carbonyl (C=O) groups excluding carboxylic acids is 2. The van der Waals surface area contributed by atoms with Crippen LogP contribution in [0.1, 0.15) is 32.0 Å². The second-order valence-electron chi connectivity index (χ2n) is 6.98. The van der Waals surface area contributed by atoms with Crippen LogP contribution in [0.25, 0.3) is 10.9 Å². The highest BCUT2D eigenvalue weighted by molar-refractivity contribution is 6.31. The number of para-hydroxylation sites is 1. The first-order valence-electron chi connectivity index (χ1n) is 9.31. The van der Waals surface area contributed by atoms with E-state index in [4.69, 9.17) is 11.6 Å². The van der Waals surface area contributed by atoms with Gasteiger partial charge < -0.3 is 4.98 Å². The molecule has 0 amide bonds. The maximum absolute atomic E-state index is 13.1. The van der Waals surface area contributed by atoms with Crippen LogP contribution in [0.2, 0.25) is 5.02 Å². The first-order valence-corrected chi connectivity index (χ1v) is 9.68. The lowest BCUT2D eigenvalue weighted by Gasteiger charge is -2.07. The monoisotopic (exact) mass is 416 g/mol. The Morgan fingerprint density at radius 1 is 1.17 bits per heavy atom. The number of nitrogens with one attached hydrogen (secondary N) is 1. The van der Waals surface area contributed by atoms with Crippen LogP contribution < -0.4 is 0 Å². The molecule has 6 nitrogen and oxygen atoms in total. The molecule has 1 unspecified atom stereocenters. The summed E-state index contributed by atoms with van der Waals surface area (Å²) in [6, 6.07) is 16.5. The van der Waals surface area contributed by atoms with Crippen molar-refractivity contribution in [2.75, 3.05) is 0 Å². The summed E-state index contributed by atoms with van der Waals surface area (Å²) < 4.78 is 1.56. The highest BCUT2D eigenvalue weighted by Gasteiger charge is 2.32. The Morgan fingerprint density at radius 3 is 2.67 bits per heavy atom. The topological polar surface area (TPSA) is 91.5 Å². The molecule has 7 heteroatoms. The summed E-state index contributed by atoms with van der Waals surface area (Å²) in [5.74, 6) is -2.53. The minimum Gasteiger partial charge on any atom is -0.358 e. The van der Waals surface area contributed by atoms with Crippen molar-refractivity contribution in [2.24, 2.45) is 5.92 Å². The Balaban J connectivity index is 1.61. The molecule has 0 fully saturated rings. The fourth-order valence-corrected chi connectivity index (χ4v) is 3.72. The summed E-state index contributed by atoms with van der Waals surface area (Å²) in [7, 11) is 0. The Hall–Kier alpha value is -3.69. The van der Waals surface area contributed by atoms with Gasteiger partial charge in [0.05, 0.1) is 24.4 Å². The lowest BCUT2D eigenvalue weighted by atomic mass is 9.91. The van der Waals surface area contributed by atoms with Gasteiger partial charge in [0.25, 0.3) is 0 Å². The third kappa shape index (κ3) is 3.51. The van der Waals surface area contributed by atoms with Crippen molar-refractivity contribution in [1.29, 1.82) is 5.26 Å². The third-order valence-corrected chi connectivity index (χ3v) is 5.37. The second kappa shape index (κ2) is 7.97. The summed E-state index contributed by atoms with van der Waals surface area (Å²) in [5, 5.41) is 15.1. The molecule has 4 rings (SSSR count). The summed E-state index contributed by atoms with van der Waals surface area (Å²) in [4.78, 5) is 29.2. The predicted molar refractivity (Wildman–Crippen MR) is 114 cm³/mol. The van der Waals surface area contributed by atoms with Gasteiger partial charge in [0.15, 0.2) is 17.5 Å². The van der Waals surface area contributed by atoms with Crippen LogP contribution >= 0.6 is 11.6 Å². The number of Topliss-reactive ketones (excluding diaryl/α,β-unsaturated/α-hetero) is 2. The maximum atomic E-state index is 13.1. The van der Waals surface area contributed by atoms with Gasteiger partial charge >= 0.3 is 0 Å². The predicted octanol–water partition coefficient (Wildman–Crippen LogP) is 4.58. The molecule has 2 aromatic heterocycles. The Bertz CT molecular complexity index is 1310. The van der Waals surface area contributed by atoms with E-state index in [-0.39, 0.29) is 5.56 Å². The molecule has 1 N–H and O–H groups in total. The number of aryl methyl sites for hydroxylation is 1. The third-order valence-electron chi connectivity index (χ3n) is 5.00. The van der Waals surface area contributed by atoms with E-state index in [1.165, 1.54) is 12.4 Å². The number of nitriles is 1. The van der Waals surface area contributed by atoms with Crippen molar-refractivity contribution in [2.45, 2.75) is 13.5 Å². The number of H-pyrrole nitrogens is 1. The van der Waals surface area contributed by atoms with Crippen LogP contribution in [0.5, 0.6) is 0 Å². The highest BCUT2D eigenvalue weighted by Crippen LogP contribution is 2.26. The van der Waals surface area contributed by atoms with Crippen LogP contribution in [0.15, 0.2) is 60.9 Å². The Morgan fingerprint density at radius 2 is 1.90 bits per heavy atom. The first-order chi connectivity index (χ1) is 14.5. The lowest BCUT2D eigenvalue weighted by molar-refractivity contribution is 0.0846. The van der Waals surface area contributed by atoms with Gasteiger partial charge in [0, 0.05) is 33.4 Å². The van der Waals surface area contributed by atoms with E-state index >= 15 is 0 Å². The molecule has 148 valence electrons. The number of halogens is 1. The summed E-state index contributed by atoms with van der Waals surface area (Å²) in [6.07, 6.45) is 2.91. The molecular weight excluding hydrogens is 400 g/mol. The summed E-state index contributed by atoms with van der Waals surface area (Å²) in [5.41, 5.74) is 2.84. The normalized spacial score (nSPS) is 11.9. The fourth-order valence-electron chi connectivity index (χ4n) is 3.52. The van der Waals surface area contributed by atoms with Crippen molar-refractivity contribution in [3.05, 3.63) is 88.3 Å². The lowest BCUT2D eigenvalue weighted by Crippen LogP contribution is -2.23. The van der Waals surface area contributed by atoms with Gasteiger partial charge in [-0.05, 0) is 24.6 Å². The number of hydrogen-bond acceptors (Lipinski definition) is 4. The van der Waals surface area contributed by atoms with Gasteiger partial charge in [-0.25, -0.2) is 0 Å². The smallest absolute Gasteiger partial charge is 0.191 e. The van der Waals surface area contributed by atoms with Crippen LogP contribution in [-0.2, 0) is 6.54 Å². The van der Waals surface area contributed by atoms with Crippen LogP contribution in [0.3, 0.4) is 0 Å². The quantitative estimate of drug-likeness (QED) is 0.368. The van der Waals surface area contributed by atoms with Gasteiger partial charge in [0.2, 0.25) is 0 Å². The van der Waals surface area contributed by atoms with Crippen LogP contribution in [0.4, 0.5) is 0 Å². The van der Waals surface area contributed by atoms with E-state index in [1.54, 1.807) is 23.7 Å². The van der Waals surface area contributed by atoms with Gasteiger partial charge in [-0.1, -0.05) is 48.0 Å². The average molecular weight is 417 g/mol. The standard InChI is InChI=1S/C23H17ClN4O2/c1-14-21(17-7-3-5-9-20(17)27-14)23(30)18(10-25)22(29)16-11-26-28(13-16)12-15-6-2-4-8-19(15)24/h2-9,11,13,18,27H,12H2,1H3. The SMILES string of the molecule is Cc1[nH]c2ccccc2c1C(=O)C(C#N)C(=O)c1cnn(Cc2ccccc2Cl)c1. The number of benzene rings is 2. The molecular formula is C23H17ClN4O2. The summed E-state index contributed by atoms with van der Waals surface area (Å²) in [6.45, 7) is 2.13. The molecule has 30 heavy (non-hydrogen) atoms. The number of aromatic nitrogens is 3. The van der Waals surface area contributed by atoms with Crippen molar-refractivity contribution in [3.63, 3.8) is 0 Å². The van der Waals surface area contributed by atoms with E-state index in [0.717, 1.165) is 11.1 Å². The molecule has 0 saturated carbocycles. The van der Waals surface area contributed by atoms with Crippen molar-refractivity contribution in [1.82, 2.24) is 14.8 Å². The number of nitrogens with zero attached hydrogens (tertiary/aromatic N) is 3. The van der Waals surface area contributed by atoms with Gasteiger partial charge in [-0.3, -0.25) is 14.3 Å². The van der Waals surface area contributed by atoms with Crippen LogP contribution in [0, 0.1) is 24.2 Å². The Kier molecular flexibility index (Phi) is 5.21. The second-order valence-corrected chi connectivity index (χ2v) is 7.39. The van der Waals surface area contributed by atoms with E-state index < -0.39 is 17.5 Å². The van der Waals surface area contributed by atoms with Gasteiger partial charge in [-0.2, -0.15) is 10.4 Å². The number of carbonyl (C=O) groups is 2. The molecule has 0 radical (unpaired) electrons. The fraction of sp³-hybridized carbons (Fsp3) is 0.130. The molecule has 2 heterocycles. The van der Waals surface area contributed by atoms with E-state index in [9.17, 15) is 14.9 Å². The molecule has 0 bridgehead atoms. The molecule has 0 aliphatic carbocycles. The maximum Gasteiger partial charge on any atom is 0.191 e. The number of hydrogen-bond donors (Lipinski definition) is 1. The summed E-state index contributed by atoms with van der Waals surface area (Å²) >= 11 is 6.18. The average Bonchev–Trinajstić information content (AvgIpc) is 3.33. The largest absolute Gasteiger partial charge is 0.358 e.